The van der Waals surface area contributed by atoms with E-state index in [1.54, 1.807) is 31.3 Å². The SMILES string of the molecule is CN(CCCC(=O)O)C(=O)COc1cccc(Cl)c1. The molecule has 0 saturated carbocycles. The molecule has 0 fully saturated rings. The van der Waals surface area contributed by atoms with Crippen molar-refractivity contribution >= 4 is 23.5 Å². The molecule has 5 nitrogen and oxygen atoms in total. The summed E-state index contributed by atoms with van der Waals surface area (Å²) in [5.41, 5.74) is 0. The second kappa shape index (κ2) is 7.63. The molecule has 104 valence electrons. The fourth-order valence-corrected chi connectivity index (χ4v) is 1.58. The molecule has 1 N–H and O–H groups in total. The van der Waals surface area contributed by atoms with E-state index in [-0.39, 0.29) is 18.9 Å². The van der Waals surface area contributed by atoms with Crippen LogP contribution in [0.15, 0.2) is 24.3 Å². The molecule has 0 aliphatic heterocycles. The summed E-state index contributed by atoms with van der Waals surface area (Å²) in [6.07, 6.45) is 0.474. The maximum absolute atomic E-state index is 11.7. The van der Waals surface area contributed by atoms with Crippen LogP contribution in [0.1, 0.15) is 12.8 Å². The lowest BCUT2D eigenvalue weighted by Crippen LogP contribution is -2.32. The summed E-state index contributed by atoms with van der Waals surface area (Å²) in [5, 5.41) is 9.04. The number of rotatable bonds is 7. The van der Waals surface area contributed by atoms with Gasteiger partial charge in [0.15, 0.2) is 6.61 Å². The van der Waals surface area contributed by atoms with Crippen molar-refractivity contribution in [2.45, 2.75) is 12.8 Å². The smallest absolute Gasteiger partial charge is 0.303 e. The van der Waals surface area contributed by atoms with Gasteiger partial charge in [0.05, 0.1) is 0 Å². The van der Waals surface area contributed by atoms with Crippen LogP contribution in [0.2, 0.25) is 5.02 Å². The van der Waals surface area contributed by atoms with Crippen molar-refractivity contribution in [1.82, 2.24) is 4.90 Å². The molecule has 0 atom stereocenters. The van der Waals surface area contributed by atoms with Crippen molar-refractivity contribution in [1.29, 1.82) is 0 Å². The van der Waals surface area contributed by atoms with Gasteiger partial charge in [0.2, 0.25) is 0 Å². The van der Waals surface area contributed by atoms with Gasteiger partial charge in [-0.15, -0.1) is 0 Å². The molecule has 6 heteroatoms. The van der Waals surface area contributed by atoms with Gasteiger partial charge in [-0.2, -0.15) is 0 Å². The van der Waals surface area contributed by atoms with Gasteiger partial charge in [-0.1, -0.05) is 17.7 Å². The van der Waals surface area contributed by atoms with Crippen LogP contribution in [-0.4, -0.2) is 42.1 Å². The summed E-state index contributed by atoms with van der Waals surface area (Å²) in [7, 11) is 1.62. The zero-order valence-electron chi connectivity index (χ0n) is 10.6. The number of aliphatic carboxylic acids is 1. The van der Waals surface area contributed by atoms with Crippen LogP contribution in [0.3, 0.4) is 0 Å². The van der Waals surface area contributed by atoms with E-state index in [2.05, 4.69) is 0 Å². The number of hydrogen-bond donors (Lipinski definition) is 1. The first-order valence-corrected chi connectivity index (χ1v) is 6.21. The largest absolute Gasteiger partial charge is 0.484 e. The molecule has 0 bridgehead atoms. The first kappa shape index (κ1) is 15.3. The first-order chi connectivity index (χ1) is 8.99. The minimum Gasteiger partial charge on any atom is -0.484 e. The van der Waals surface area contributed by atoms with E-state index in [9.17, 15) is 9.59 Å². The number of amides is 1. The maximum Gasteiger partial charge on any atom is 0.303 e. The van der Waals surface area contributed by atoms with Crippen LogP contribution >= 0.6 is 11.6 Å². The molecular weight excluding hydrogens is 270 g/mol. The molecule has 0 spiro atoms. The molecule has 0 heterocycles. The van der Waals surface area contributed by atoms with Crippen molar-refractivity contribution < 1.29 is 19.4 Å². The Bertz CT molecular complexity index is 450. The molecule has 19 heavy (non-hydrogen) atoms. The fraction of sp³-hybridized carbons (Fsp3) is 0.385. The third kappa shape index (κ3) is 6.10. The van der Waals surface area contributed by atoms with Crippen LogP contribution < -0.4 is 4.74 Å². The Labute approximate surface area is 116 Å². The topological polar surface area (TPSA) is 66.8 Å². The van der Waals surface area contributed by atoms with Crippen molar-refractivity contribution in [3.63, 3.8) is 0 Å². The Balaban J connectivity index is 2.32. The summed E-state index contributed by atoms with van der Waals surface area (Å²) >= 11 is 5.79. The molecule has 0 radical (unpaired) electrons. The first-order valence-electron chi connectivity index (χ1n) is 5.83. The number of hydrogen-bond acceptors (Lipinski definition) is 3. The third-order valence-corrected chi connectivity index (χ3v) is 2.70. The van der Waals surface area contributed by atoms with E-state index in [4.69, 9.17) is 21.4 Å². The average Bonchev–Trinajstić information content (AvgIpc) is 2.35. The summed E-state index contributed by atoms with van der Waals surface area (Å²) < 4.78 is 5.31. The number of carbonyl (C=O) groups excluding carboxylic acids is 1. The van der Waals surface area contributed by atoms with Gasteiger partial charge in [0, 0.05) is 25.0 Å². The Kier molecular flexibility index (Phi) is 6.15. The Morgan fingerprint density at radius 3 is 2.79 bits per heavy atom. The molecule has 0 aliphatic rings. The van der Waals surface area contributed by atoms with Gasteiger partial charge in [-0.3, -0.25) is 9.59 Å². The molecule has 1 aromatic carbocycles. The van der Waals surface area contributed by atoms with E-state index in [0.29, 0.717) is 23.7 Å². The Hall–Kier alpha value is -1.75. The zero-order chi connectivity index (χ0) is 14.3. The predicted octanol–water partition coefficient (Wildman–Crippen LogP) is 2.04. The minimum atomic E-state index is -0.865. The summed E-state index contributed by atoms with van der Waals surface area (Å²) in [4.78, 5) is 23.5. The van der Waals surface area contributed by atoms with Crippen molar-refractivity contribution in [3.8, 4) is 5.75 Å². The highest BCUT2D eigenvalue weighted by atomic mass is 35.5. The number of benzene rings is 1. The van der Waals surface area contributed by atoms with Gasteiger partial charge in [0.25, 0.3) is 5.91 Å². The van der Waals surface area contributed by atoms with Crippen LogP contribution in [0.4, 0.5) is 0 Å². The lowest BCUT2D eigenvalue weighted by molar-refractivity contribution is -0.138. The number of nitrogens with zero attached hydrogens (tertiary/aromatic N) is 1. The van der Waals surface area contributed by atoms with Crippen molar-refractivity contribution in [3.05, 3.63) is 29.3 Å². The lowest BCUT2D eigenvalue weighted by Gasteiger charge is -2.16. The molecule has 1 rings (SSSR count). The fourth-order valence-electron chi connectivity index (χ4n) is 1.40. The van der Waals surface area contributed by atoms with Gasteiger partial charge in [-0.05, 0) is 24.6 Å². The predicted molar refractivity (Wildman–Crippen MR) is 71.5 cm³/mol. The number of halogens is 1. The molecule has 0 unspecified atom stereocenters. The number of carbonyl (C=O) groups is 2. The average molecular weight is 286 g/mol. The van der Waals surface area contributed by atoms with Gasteiger partial charge in [0.1, 0.15) is 5.75 Å². The quantitative estimate of drug-likeness (QED) is 0.832. The molecule has 1 aromatic rings. The summed E-state index contributed by atoms with van der Waals surface area (Å²) in [6.45, 7) is 0.300. The maximum atomic E-state index is 11.7. The van der Waals surface area contributed by atoms with E-state index >= 15 is 0 Å². The van der Waals surface area contributed by atoms with E-state index in [0.717, 1.165) is 0 Å². The van der Waals surface area contributed by atoms with E-state index in [1.807, 2.05) is 0 Å². The zero-order valence-corrected chi connectivity index (χ0v) is 11.4. The number of carboxylic acid groups (broad SMARTS) is 1. The van der Waals surface area contributed by atoms with Crippen LogP contribution in [0.25, 0.3) is 0 Å². The highest BCUT2D eigenvalue weighted by molar-refractivity contribution is 6.30. The second-order valence-corrected chi connectivity index (χ2v) is 4.50. The second-order valence-electron chi connectivity index (χ2n) is 4.06. The Morgan fingerprint density at radius 2 is 2.16 bits per heavy atom. The standard InChI is InChI=1S/C13H16ClNO4/c1-15(7-3-6-13(17)18)12(16)9-19-11-5-2-4-10(14)8-11/h2,4-5,8H,3,6-7,9H2,1H3,(H,17,18). The number of likely N-dealkylation sites (N-methyl/N-ethyl adjacent to an activating group) is 1. The monoisotopic (exact) mass is 285 g/mol. The van der Waals surface area contributed by atoms with Gasteiger partial charge < -0.3 is 14.7 Å². The Morgan fingerprint density at radius 1 is 1.42 bits per heavy atom. The van der Waals surface area contributed by atoms with E-state index < -0.39 is 5.97 Å². The highest BCUT2D eigenvalue weighted by Crippen LogP contribution is 2.16. The lowest BCUT2D eigenvalue weighted by atomic mass is 10.3. The third-order valence-electron chi connectivity index (χ3n) is 2.47. The van der Waals surface area contributed by atoms with Crippen molar-refractivity contribution in [2.24, 2.45) is 0 Å². The van der Waals surface area contributed by atoms with Crippen LogP contribution in [-0.2, 0) is 9.59 Å². The minimum absolute atomic E-state index is 0.0484. The summed E-state index contributed by atoms with van der Waals surface area (Å²) in [6, 6.07) is 6.79. The van der Waals surface area contributed by atoms with Gasteiger partial charge >= 0.3 is 5.97 Å². The molecule has 0 aliphatic carbocycles. The van der Waals surface area contributed by atoms with Gasteiger partial charge in [-0.25, -0.2) is 0 Å². The van der Waals surface area contributed by atoms with E-state index in [1.165, 1.54) is 4.90 Å². The normalized spacial score (nSPS) is 10.0. The summed E-state index contributed by atoms with van der Waals surface area (Å²) in [5.74, 6) is -0.541. The highest BCUT2D eigenvalue weighted by Gasteiger charge is 2.10. The van der Waals surface area contributed by atoms with Crippen molar-refractivity contribution in [2.75, 3.05) is 20.2 Å². The number of carboxylic acids is 1. The number of ether oxygens (including phenoxy) is 1. The molecule has 0 aromatic heterocycles. The molecular formula is C13H16ClNO4. The van der Waals surface area contributed by atoms with Crippen LogP contribution in [0, 0.1) is 0 Å². The molecule has 1 amide bonds. The van der Waals surface area contributed by atoms with Crippen LogP contribution in [0.5, 0.6) is 5.75 Å². The molecule has 0 saturated heterocycles.